The Kier molecular flexibility index (Phi) is 5.67. The monoisotopic (exact) mass is 399 g/mol. The molecule has 0 saturated carbocycles. The summed E-state index contributed by atoms with van der Waals surface area (Å²) < 4.78 is 0. The Balaban J connectivity index is 1.36. The summed E-state index contributed by atoms with van der Waals surface area (Å²) in [6.45, 7) is 6.96. The highest BCUT2D eigenvalue weighted by molar-refractivity contribution is 6.30. The maximum Gasteiger partial charge on any atom is 0.227 e. The number of hydrogen-bond acceptors (Lipinski definition) is 5. The zero-order chi connectivity index (χ0) is 19.5. The van der Waals surface area contributed by atoms with Gasteiger partial charge in [-0.15, -0.1) is 0 Å². The lowest BCUT2D eigenvalue weighted by Gasteiger charge is -2.40. The molecule has 0 radical (unpaired) electrons. The molecule has 1 unspecified atom stereocenters. The van der Waals surface area contributed by atoms with E-state index in [1.807, 2.05) is 17.0 Å². The molecule has 1 amide bonds. The van der Waals surface area contributed by atoms with Crippen molar-refractivity contribution in [1.29, 1.82) is 0 Å². The van der Waals surface area contributed by atoms with Crippen LogP contribution in [0.25, 0.3) is 0 Å². The Bertz CT molecular complexity index is 823. The summed E-state index contributed by atoms with van der Waals surface area (Å²) in [4.78, 5) is 28.2. The molecule has 0 bridgehead atoms. The molecule has 28 heavy (non-hydrogen) atoms. The smallest absolute Gasteiger partial charge is 0.227 e. The molecule has 7 heteroatoms. The van der Waals surface area contributed by atoms with Gasteiger partial charge in [0, 0.05) is 62.4 Å². The Morgan fingerprint density at radius 3 is 2.68 bits per heavy atom. The van der Waals surface area contributed by atoms with Crippen LogP contribution in [0.15, 0.2) is 36.8 Å². The largest absolute Gasteiger partial charge is 0.368 e. The van der Waals surface area contributed by atoms with Gasteiger partial charge in [-0.25, -0.2) is 4.98 Å². The summed E-state index contributed by atoms with van der Waals surface area (Å²) in [6, 6.07) is 6.00. The zero-order valence-electron chi connectivity index (χ0n) is 16.2. The molecule has 6 nitrogen and oxygen atoms in total. The number of nitrogens with zero attached hydrogens (tertiary/aromatic N) is 5. The van der Waals surface area contributed by atoms with Gasteiger partial charge in [0.1, 0.15) is 5.82 Å². The molecule has 1 aromatic carbocycles. The average molecular weight is 400 g/mol. The number of piperidine rings is 1. The Morgan fingerprint density at radius 2 is 1.93 bits per heavy atom. The molecule has 148 valence electrons. The number of anilines is 2. The third-order valence-corrected chi connectivity index (χ3v) is 5.98. The van der Waals surface area contributed by atoms with Crippen LogP contribution < -0.4 is 9.80 Å². The van der Waals surface area contributed by atoms with Crippen molar-refractivity contribution in [3.63, 3.8) is 0 Å². The summed E-state index contributed by atoms with van der Waals surface area (Å²) in [5.41, 5.74) is 2.39. The topological polar surface area (TPSA) is 52.6 Å². The van der Waals surface area contributed by atoms with E-state index in [0.29, 0.717) is 0 Å². The van der Waals surface area contributed by atoms with Crippen molar-refractivity contribution in [2.75, 3.05) is 49.1 Å². The van der Waals surface area contributed by atoms with Crippen molar-refractivity contribution in [3.8, 4) is 0 Å². The summed E-state index contributed by atoms with van der Waals surface area (Å²) >= 11 is 6.18. The number of halogens is 1. The van der Waals surface area contributed by atoms with Gasteiger partial charge >= 0.3 is 0 Å². The maximum atomic E-state index is 13.1. The van der Waals surface area contributed by atoms with Crippen molar-refractivity contribution in [2.45, 2.75) is 19.8 Å². The quantitative estimate of drug-likeness (QED) is 0.794. The summed E-state index contributed by atoms with van der Waals surface area (Å²) in [6.07, 6.45) is 7.12. The van der Waals surface area contributed by atoms with Gasteiger partial charge in [-0.05, 0) is 37.5 Å². The van der Waals surface area contributed by atoms with Crippen LogP contribution in [0, 0.1) is 12.8 Å². The SMILES string of the molecule is Cc1ccc(Cl)cc1N1CCN(C(=O)C2CCCN(c3cnccn3)C2)CC1. The van der Waals surface area contributed by atoms with E-state index in [2.05, 4.69) is 32.8 Å². The first-order valence-electron chi connectivity index (χ1n) is 9.92. The number of aryl methyl sites for hydroxylation is 1. The van der Waals surface area contributed by atoms with Crippen molar-refractivity contribution in [3.05, 3.63) is 47.4 Å². The molecular weight excluding hydrogens is 374 g/mol. The van der Waals surface area contributed by atoms with E-state index in [-0.39, 0.29) is 11.8 Å². The molecule has 3 heterocycles. The zero-order valence-corrected chi connectivity index (χ0v) is 17.0. The second-order valence-electron chi connectivity index (χ2n) is 7.59. The lowest BCUT2D eigenvalue weighted by Crippen LogP contribution is -2.52. The minimum atomic E-state index is 0.0372. The van der Waals surface area contributed by atoms with Gasteiger partial charge in [0.05, 0.1) is 12.1 Å². The number of benzene rings is 1. The number of piperazine rings is 1. The lowest BCUT2D eigenvalue weighted by molar-refractivity contribution is -0.136. The molecule has 0 spiro atoms. The molecule has 2 aromatic rings. The van der Waals surface area contributed by atoms with Gasteiger partial charge in [-0.1, -0.05) is 17.7 Å². The Labute approximate surface area is 171 Å². The van der Waals surface area contributed by atoms with Crippen LogP contribution in [0.2, 0.25) is 5.02 Å². The highest BCUT2D eigenvalue weighted by Gasteiger charge is 2.31. The molecule has 2 saturated heterocycles. The lowest BCUT2D eigenvalue weighted by atomic mass is 9.96. The standard InChI is InChI=1S/C21H26ClN5O/c1-16-4-5-18(22)13-19(16)25-9-11-26(12-10-25)21(28)17-3-2-8-27(15-17)20-14-23-6-7-24-20/h4-7,13-14,17H,2-3,8-12,15H2,1H3. The molecule has 0 aliphatic carbocycles. The predicted molar refractivity (Wildman–Crippen MR) is 112 cm³/mol. The van der Waals surface area contributed by atoms with Crippen LogP contribution in [-0.2, 0) is 4.79 Å². The first-order chi connectivity index (χ1) is 13.6. The van der Waals surface area contributed by atoms with E-state index in [9.17, 15) is 4.79 Å². The molecule has 0 N–H and O–H groups in total. The van der Waals surface area contributed by atoms with E-state index in [1.165, 1.54) is 11.3 Å². The number of amides is 1. The van der Waals surface area contributed by atoms with Gasteiger partial charge in [-0.3, -0.25) is 9.78 Å². The van der Waals surface area contributed by atoms with E-state index >= 15 is 0 Å². The van der Waals surface area contributed by atoms with Crippen LogP contribution >= 0.6 is 11.6 Å². The highest BCUT2D eigenvalue weighted by Crippen LogP contribution is 2.27. The van der Waals surface area contributed by atoms with E-state index in [4.69, 9.17) is 11.6 Å². The van der Waals surface area contributed by atoms with Crippen LogP contribution in [0.1, 0.15) is 18.4 Å². The minimum Gasteiger partial charge on any atom is -0.368 e. The third kappa shape index (κ3) is 4.07. The second kappa shape index (κ2) is 8.35. The van der Waals surface area contributed by atoms with Crippen molar-refractivity contribution in [1.82, 2.24) is 14.9 Å². The van der Waals surface area contributed by atoms with Crippen LogP contribution in [-0.4, -0.2) is 60.0 Å². The minimum absolute atomic E-state index is 0.0372. The van der Waals surface area contributed by atoms with E-state index < -0.39 is 0 Å². The Morgan fingerprint density at radius 1 is 1.11 bits per heavy atom. The van der Waals surface area contributed by atoms with Crippen molar-refractivity contribution in [2.24, 2.45) is 5.92 Å². The molecule has 2 aliphatic heterocycles. The fourth-order valence-corrected chi connectivity index (χ4v) is 4.36. The first-order valence-corrected chi connectivity index (χ1v) is 10.3. The normalized spacial score (nSPS) is 20.4. The number of carbonyl (C=O) groups excluding carboxylic acids is 1. The molecule has 1 aromatic heterocycles. The van der Waals surface area contributed by atoms with Crippen molar-refractivity contribution < 1.29 is 4.79 Å². The molecule has 4 rings (SSSR count). The first kappa shape index (κ1) is 19.0. The summed E-state index contributed by atoms with van der Waals surface area (Å²) in [7, 11) is 0. The molecule has 2 fully saturated rings. The fourth-order valence-electron chi connectivity index (χ4n) is 4.19. The van der Waals surface area contributed by atoms with Gasteiger partial charge < -0.3 is 14.7 Å². The van der Waals surface area contributed by atoms with Crippen LogP contribution in [0.4, 0.5) is 11.5 Å². The second-order valence-corrected chi connectivity index (χ2v) is 8.03. The summed E-state index contributed by atoms with van der Waals surface area (Å²) in [5.74, 6) is 1.17. The number of hydrogen-bond donors (Lipinski definition) is 0. The van der Waals surface area contributed by atoms with E-state index in [1.54, 1.807) is 18.6 Å². The number of aromatic nitrogens is 2. The fraction of sp³-hybridized carbons (Fsp3) is 0.476. The molecule has 2 aliphatic rings. The number of rotatable bonds is 3. The average Bonchev–Trinajstić information content (AvgIpc) is 2.76. The van der Waals surface area contributed by atoms with E-state index in [0.717, 1.165) is 63.0 Å². The van der Waals surface area contributed by atoms with Crippen LogP contribution in [0.3, 0.4) is 0 Å². The van der Waals surface area contributed by atoms with Gasteiger partial charge in [-0.2, -0.15) is 0 Å². The number of carbonyl (C=O) groups is 1. The predicted octanol–water partition coefficient (Wildman–Crippen LogP) is 3.00. The third-order valence-electron chi connectivity index (χ3n) is 5.75. The van der Waals surface area contributed by atoms with Gasteiger partial charge in [0.15, 0.2) is 0 Å². The maximum absolute atomic E-state index is 13.1. The van der Waals surface area contributed by atoms with Crippen LogP contribution in [0.5, 0.6) is 0 Å². The molecular formula is C21H26ClN5O. The highest BCUT2D eigenvalue weighted by atomic mass is 35.5. The Hall–Kier alpha value is -2.34. The van der Waals surface area contributed by atoms with Gasteiger partial charge in [0.2, 0.25) is 5.91 Å². The van der Waals surface area contributed by atoms with Crippen molar-refractivity contribution >= 4 is 29.0 Å². The van der Waals surface area contributed by atoms with Gasteiger partial charge in [0.25, 0.3) is 0 Å². The summed E-state index contributed by atoms with van der Waals surface area (Å²) in [5, 5.41) is 0.755. The molecule has 1 atom stereocenters.